The largest absolute Gasteiger partial charge is 0.472 e. The van der Waals surface area contributed by atoms with E-state index in [2.05, 4.69) is 0 Å². The normalized spacial score (nSPS) is 10.2. The van der Waals surface area contributed by atoms with Crippen LogP contribution in [-0.4, -0.2) is 5.78 Å². The number of hydrogen-bond acceptors (Lipinski definition) is 3. The van der Waals surface area contributed by atoms with Crippen molar-refractivity contribution in [3.05, 3.63) is 53.5 Å². The Hall–Kier alpha value is -2.03. The van der Waals surface area contributed by atoms with Crippen molar-refractivity contribution in [2.45, 2.75) is 6.92 Å². The summed E-state index contributed by atoms with van der Waals surface area (Å²) < 4.78 is 4.87. The second kappa shape index (κ2) is 3.61. The summed E-state index contributed by atoms with van der Waals surface area (Å²) in [7, 11) is 0. The first-order chi connectivity index (χ1) is 7.18. The van der Waals surface area contributed by atoms with Crippen LogP contribution < -0.4 is 5.73 Å². The molecule has 0 unspecified atom stereocenters. The average molecular weight is 201 g/mol. The Balaban J connectivity index is 2.39. The molecule has 0 fully saturated rings. The molecule has 0 saturated carbocycles. The van der Waals surface area contributed by atoms with E-state index < -0.39 is 0 Å². The van der Waals surface area contributed by atoms with Crippen LogP contribution in [-0.2, 0) is 0 Å². The molecule has 1 aromatic heterocycles. The van der Waals surface area contributed by atoms with Crippen LogP contribution in [0.15, 0.2) is 41.2 Å². The van der Waals surface area contributed by atoms with Gasteiger partial charge in [0.05, 0.1) is 11.8 Å². The molecule has 0 aliphatic carbocycles. The molecule has 0 spiro atoms. The highest BCUT2D eigenvalue weighted by molar-refractivity contribution is 6.09. The highest BCUT2D eigenvalue weighted by atomic mass is 16.3. The van der Waals surface area contributed by atoms with Crippen molar-refractivity contribution in [1.29, 1.82) is 0 Å². The molecule has 0 aliphatic heterocycles. The van der Waals surface area contributed by atoms with Gasteiger partial charge < -0.3 is 10.2 Å². The molecule has 2 rings (SSSR count). The molecular weight excluding hydrogens is 190 g/mol. The van der Waals surface area contributed by atoms with E-state index in [1.165, 1.54) is 12.5 Å². The van der Waals surface area contributed by atoms with Crippen LogP contribution >= 0.6 is 0 Å². The van der Waals surface area contributed by atoms with Gasteiger partial charge in [-0.25, -0.2) is 0 Å². The monoisotopic (exact) mass is 201 g/mol. The maximum absolute atomic E-state index is 11.9. The number of rotatable bonds is 2. The first-order valence-electron chi connectivity index (χ1n) is 4.61. The number of furan rings is 1. The third-order valence-electron chi connectivity index (χ3n) is 2.32. The van der Waals surface area contributed by atoms with Crippen LogP contribution in [0.25, 0.3) is 0 Å². The molecule has 0 atom stereocenters. The first kappa shape index (κ1) is 9.52. The number of nitrogen functional groups attached to an aromatic ring is 1. The van der Waals surface area contributed by atoms with Crippen molar-refractivity contribution in [2.75, 3.05) is 5.73 Å². The van der Waals surface area contributed by atoms with Crippen molar-refractivity contribution in [3.8, 4) is 0 Å². The summed E-state index contributed by atoms with van der Waals surface area (Å²) in [5, 5.41) is 0. The maximum atomic E-state index is 11.9. The standard InChI is InChI=1S/C12H11NO2/c1-8-6-9(2-3-11(8)13)12(14)10-4-5-15-7-10/h2-7H,13H2,1H3. The number of nitrogens with two attached hydrogens (primary N) is 1. The van der Waals surface area contributed by atoms with Gasteiger partial charge in [0, 0.05) is 11.3 Å². The highest BCUT2D eigenvalue weighted by Gasteiger charge is 2.10. The molecule has 76 valence electrons. The van der Waals surface area contributed by atoms with Crippen LogP contribution in [0.4, 0.5) is 5.69 Å². The molecule has 3 nitrogen and oxygen atoms in total. The van der Waals surface area contributed by atoms with Gasteiger partial charge in [0.15, 0.2) is 5.78 Å². The summed E-state index contributed by atoms with van der Waals surface area (Å²) >= 11 is 0. The van der Waals surface area contributed by atoms with E-state index in [0.29, 0.717) is 16.8 Å². The van der Waals surface area contributed by atoms with Gasteiger partial charge in [0.2, 0.25) is 0 Å². The summed E-state index contributed by atoms with van der Waals surface area (Å²) in [4.78, 5) is 11.9. The van der Waals surface area contributed by atoms with Crippen LogP contribution in [0.1, 0.15) is 21.5 Å². The molecule has 1 heterocycles. The Morgan fingerprint density at radius 2 is 2.07 bits per heavy atom. The van der Waals surface area contributed by atoms with Gasteiger partial charge in [-0.2, -0.15) is 0 Å². The van der Waals surface area contributed by atoms with Gasteiger partial charge in [0.1, 0.15) is 6.26 Å². The number of aryl methyl sites for hydroxylation is 1. The zero-order valence-electron chi connectivity index (χ0n) is 8.36. The maximum Gasteiger partial charge on any atom is 0.196 e. The molecule has 0 radical (unpaired) electrons. The first-order valence-corrected chi connectivity index (χ1v) is 4.61. The fourth-order valence-corrected chi connectivity index (χ4v) is 1.38. The van der Waals surface area contributed by atoms with Crippen LogP contribution in [0, 0.1) is 6.92 Å². The SMILES string of the molecule is Cc1cc(C(=O)c2ccoc2)ccc1N. The van der Waals surface area contributed by atoms with Crippen molar-refractivity contribution in [1.82, 2.24) is 0 Å². The Kier molecular flexibility index (Phi) is 2.29. The van der Waals surface area contributed by atoms with E-state index in [0.717, 1.165) is 5.56 Å². The third kappa shape index (κ3) is 1.76. The van der Waals surface area contributed by atoms with Gasteiger partial charge >= 0.3 is 0 Å². The van der Waals surface area contributed by atoms with Gasteiger partial charge in [-0.3, -0.25) is 4.79 Å². The molecule has 2 N–H and O–H groups in total. The smallest absolute Gasteiger partial charge is 0.196 e. The van der Waals surface area contributed by atoms with Crippen LogP contribution in [0.3, 0.4) is 0 Å². The summed E-state index contributed by atoms with van der Waals surface area (Å²) in [5.41, 5.74) is 8.46. The lowest BCUT2D eigenvalue weighted by atomic mass is 10.0. The molecule has 15 heavy (non-hydrogen) atoms. The zero-order chi connectivity index (χ0) is 10.8. The van der Waals surface area contributed by atoms with Gasteiger partial charge in [-0.1, -0.05) is 0 Å². The molecule has 0 saturated heterocycles. The Morgan fingerprint density at radius 3 is 2.67 bits per heavy atom. The van der Waals surface area contributed by atoms with Gasteiger partial charge in [0.25, 0.3) is 0 Å². The lowest BCUT2D eigenvalue weighted by Crippen LogP contribution is -2.01. The predicted octanol–water partition coefficient (Wildman–Crippen LogP) is 2.40. The van der Waals surface area contributed by atoms with Crippen molar-refractivity contribution in [3.63, 3.8) is 0 Å². The minimum Gasteiger partial charge on any atom is -0.472 e. The van der Waals surface area contributed by atoms with E-state index >= 15 is 0 Å². The topological polar surface area (TPSA) is 56.2 Å². The molecule has 0 bridgehead atoms. The highest BCUT2D eigenvalue weighted by Crippen LogP contribution is 2.16. The molecule has 0 aliphatic rings. The summed E-state index contributed by atoms with van der Waals surface area (Å²) in [6.07, 6.45) is 2.92. The van der Waals surface area contributed by atoms with Crippen molar-refractivity contribution < 1.29 is 9.21 Å². The lowest BCUT2D eigenvalue weighted by molar-refractivity contribution is 0.103. The van der Waals surface area contributed by atoms with E-state index in [1.807, 2.05) is 6.92 Å². The molecular formula is C12H11NO2. The van der Waals surface area contributed by atoms with Gasteiger partial charge in [-0.15, -0.1) is 0 Å². The average Bonchev–Trinajstić information content (AvgIpc) is 2.74. The number of carbonyl (C=O) groups excluding carboxylic acids is 1. The second-order valence-electron chi connectivity index (χ2n) is 3.41. The van der Waals surface area contributed by atoms with Crippen LogP contribution in [0.5, 0.6) is 0 Å². The third-order valence-corrected chi connectivity index (χ3v) is 2.32. The van der Waals surface area contributed by atoms with E-state index in [1.54, 1.807) is 24.3 Å². The number of ketones is 1. The fourth-order valence-electron chi connectivity index (χ4n) is 1.38. The number of benzene rings is 1. The number of carbonyl (C=O) groups is 1. The van der Waals surface area contributed by atoms with E-state index in [9.17, 15) is 4.79 Å². The van der Waals surface area contributed by atoms with Crippen LogP contribution in [0.2, 0.25) is 0 Å². The lowest BCUT2D eigenvalue weighted by Gasteiger charge is -2.02. The summed E-state index contributed by atoms with van der Waals surface area (Å²) in [6.45, 7) is 1.88. The van der Waals surface area contributed by atoms with Crippen molar-refractivity contribution in [2.24, 2.45) is 0 Å². The minimum atomic E-state index is -0.0492. The Morgan fingerprint density at radius 1 is 1.27 bits per heavy atom. The number of hydrogen-bond donors (Lipinski definition) is 1. The second-order valence-corrected chi connectivity index (χ2v) is 3.41. The Labute approximate surface area is 87.5 Å². The number of anilines is 1. The molecule has 2 aromatic rings. The zero-order valence-corrected chi connectivity index (χ0v) is 8.36. The summed E-state index contributed by atoms with van der Waals surface area (Å²) in [6, 6.07) is 6.89. The Bertz CT molecular complexity index is 486. The van der Waals surface area contributed by atoms with E-state index in [-0.39, 0.29) is 5.78 Å². The minimum absolute atomic E-state index is 0.0492. The quantitative estimate of drug-likeness (QED) is 0.599. The predicted molar refractivity (Wildman–Crippen MR) is 57.7 cm³/mol. The molecule has 1 aromatic carbocycles. The molecule has 3 heteroatoms. The fraction of sp³-hybridized carbons (Fsp3) is 0.0833. The van der Waals surface area contributed by atoms with Crippen molar-refractivity contribution >= 4 is 11.5 Å². The van der Waals surface area contributed by atoms with Gasteiger partial charge in [-0.05, 0) is 36.8 Å². The summed E-state index contributed by atoms with van der Waals surface area (Å²) in [5.74, 6) is -0.0492. The van der Waals surface area contributed by atoms with E-state index in [4.69, 9.17) is 10.2 Å². The molecule has 0 amide bonds.